The van der Waals surface area contributed by atoms with E-state index >= 15 is 0 Å². The third-order valence-electron chi connectivity index (χ3n) is 7.07. The highest BCUT2D eigenvalue weighted by molar-refractivity contribution is 5.91. The van der Waals surface area contributed by atoms with E-state index in [9.17, 15) is 4.79 Å². The molecule has 0 saturated heterocycles. The van der Waals surface area contributed by atoms with Gasteiger partial charge in [-0.1, -0.05) is 70.9 Å². The van der Waals surface area contributed by atoms with E-state index in [0.717, 1.165) is 29.8 Å². The fourth-order valence-corrected chi connectivity index (χ4v) is 5.10. The Bertz CT molecular complexity index is 1090. The van der Waals surface area contributed by atoms with Gasteiger partial charge >= 0.3 is 6.03 Å². The summed E-state index contributed by atoms with van der Waals surface area (Å²) in [5.41, 5.74) is 6.58. The number of amides is 2. The summed E-state index contributed by atoms with van der Waals surface area (Å²) in [6, 6.07) is 18.7. The van der Waals surface area contributed by atoms with Crippen molar-refractivity contribution in [2.24, 2.45) is 0 Å². The van der Waals surface area contributed by atoms with Gasteiger partial charge in [0.15, 0.2) is 0 Å². The molecule has 2 amide bonds. The Kier molecular flexibility index (Phi) is 7.74. The number of nitrogens with one attached hydrogen (secondary N) is 3. The maximum atomic E-state index is 13.1. The Morgan fingerprint density at radius 2 is 1.43 bits per heavy atom. The number of carbonyl (C=O) groups excluding carboxylic acids is 1. The highest BCUT2D eigenvalue weighted by Crippen LogP contribution is 2.34. The van der Waals surface area contributed by atoms with E-state index in [-0.39, 0.29) is 11.6 Å². The highest BCUT2D eigenvalue weighted by Gasteiger charge is 2.34. The van der Waals surface area contributed by atoms with Gasteiger partial charge in [0.25, 0.3) is 0 Å². The van der Waals surface area contributed by atoms with Crippen LogP contribution in [0.2, 0.25) is 0 Å². The van der Waals surface area contributed by atoms with Gasteiger partial charge in [-0.05, 0) is 71.2 Å². The Labute approximate surface area is 209 Å². The van der Waals surface area contributed by atoms with E-state index in [1.54, 1.807) is 0 Å². The molecule has 4 rings (SSSR count). The molecule has 1 aliphatic carbocycles. The molecule has 5 nitrogen and oxygen atoms in total. The number of hydrogen-bond acceptors (Lipinski definition) is 3. The number of para-hydroxylation sites is 1. The number of carbonyl (C=O) groups is 1. The van der Waals surface area contributed by atoms with Gasteiger partial charge in [0.2, 0.25) is 0 Å². The minimum atomic E-state index is -0.138. The van der Waals surface area contributed by atoms with Gasteiger partial charge in [0, 0.05) is 30.3 Å². The average Bonchev–Trinajstić information content (AvgIpc) is 3.32. The van der Waals surface area contributed by atoms with Crippen molar-refractivity contribution >= 4 is 17.4 Å². The van der Waals surface area contributed by atoms with Crippen molar-refractivity contribution in [1.29, 1.82) is 0 Å². The van der Waals surface area contributed by atoms with E-state index in [1.165, 1.54) is 29.5 Å². The van der Waals surface area contributed by atoms with Crippen molar-refractivity contribution in [1.82, 2.24) is 10.3 Å². The first-order valence-electron chi connectivity index (χ1n) is 12.8. The van der Waals surface area contributed by atoms with E-state index in [1.807, 2.05) is 24.5 Å². The number of pyridine rings is 1. The number of benzene rings is 2. The molecule has 184 valence electrons. The summed E-state index contributed by atoms with van der Waals surface area (Å²) in [5.74, 6) is 0.670. The summed E-state index contributed by atoms with van der Waals surface area (Å²) < 4.78 is 0. The molecule has 5 heteroatoms. The highest BCUT2D eigenvalue weighted by atomic mass is 16.2. The second-order valence-electron chi connectivity index (χ2n) is 10.4. The van der Waals surface area contributed by atoms with Crippen LogP contribution < -0.4 is 16.0 Å². The molecular weight excluding hydrogens is 432 g/mol. The third-order valence-corrected chi connectivity index (χ3v) is 7.07. The van der Waals surface area contributed by atoms with Gasteiger partial charge in [-0.15, -0.1) is 0 Å². The van der Waals surface area contributed by atoms with Gasteiger partial charge in [-0.25, -0.2) is 4.79 Å². The Morgan fingerprint density at radius 1 is 0.857 bits per heavy atom. The third kappa shape index (κ3) is 6.02. The lowest BCUT2D eigenvalue weighted by atomic mass is 9.92. The molecular formula is C30H38N4O. The van der Waals surface area contributed by atoms with Crippen molar-refractivity contribution in [3.8, 4) is 11.1 Å². The first kappa shape index (κ1) is 24.8. The largest absolute Gasteiger partial charge is 0.378 e. The molecule has 35 heavy (non-hydrogen) atoms. The number of rotatable bonds is 8. The van der Waals surface area contributed by atoms with Gasteiger partial charge < -0.3 is 16.0 Å². The maximum absolute atomic E-state index is 13.1. The molecule has 3 aromatic rings. The normalized spacial score (nSPS) is 14.8. The lowest BCUT2D eigenvalue weighted by molar-refractivity contribution is 0.249. The fourth-order valence-electron chi connectivity index (χ4n) is 5.10. The number of aromatic nitrogens is 1. The van der Waals surface area contributed by atoms with Crippen LogP contribution in [0.25, 0.3) is 11.1 Å². The molecule has 0 bridgehead atoms. The Balaban J connectivity index is 1.44. The molecule has 0 radical (unpaired) electrons. The molecule has 2 aromatic carbocycles. The standard InChI is InChI=1S/C30H38N4O/c1-21(2)26-8-7-9-27(22(3)4)28(26)33-29(35)32-20-30(16-5-6-17-30)34-25-12-10-23(11-13-25)24-14-18-31-19-15-24/h7-15,18-19,21-22,34H,5-6,16-17,20H2,1-4H3,(H2,32,33,35). The first-order chi connectivity index (χ1) is 16.9. The van der Waals surface area contributed by atoms with Gasteiger partial charge in [-0.3, -0.25) is 4.98 Å². The monoisotopic (exact) mass is 470 g/mol. The zero-order chi connectivity index (χ0) is 24.8. The van der Waals surface area contributed by atoms with Crippen LogP contribution in [0.4, 0.5) is 16.2 Å². The zero-order valence-corrected chi connectivity index (χ0v) is 21.4. The Morgan fingerprint density at radius 3 is 2.00 bits per heavy atom. The smallest absolute Gasteiger partial charge is 0.319 e. The van der Waals surface area contributed by atoms with Crippen molar-refractivity contribution in [2.75, 3.05) is 17.2 Å². The van der Waals surface area contributed by atoms with Crippen LogP contribution in [0.5, 0.6) is 0 Å². The summed E-state index contributed by atoms with van der Waals surface area (Å²) in [6.07, 6.45) is 8.04. The number of anilines is 2. The van der Waals surface area contributed by atoms with Gasteiger partial charge in [-0.2, -0.15) is 0 Å². The molecule has 0 spiro atoms. The molecule has 1 heterocycles. The predicted molar refractivity (Wildman–Crippen MR) is 146 cm³/mol. The number of hydrogen-bond donors (Lipinski definition) is 3. The molecule has 1 aliphatic rings. The summed E-state index contributed by atoms with van der Waals surface area (Å²) in [6.45, 7) is 9.26. The molecule has 0 atom stereocenters. The number of nitrogens with zero attached hydrogens (tertiary/aromatic N) is 1. The van der Waals surface area contributed by atoms with Crippen LogP contribution in [0, 0.1) is 0 Å². The van der Waals surface area contributed by atoms with Crippen LogP contribution in [0.1, 0.15) is 76.3 Å². The molecule has 3 N–H and O–H groups in total. The van der Waals surface area contributed by atoms with E-state index < -0.39 is 0 Å². The summed E-state index contributed by atoms with van der Waals surface area (Å²) in [7, 11) is 0. The van der Waals surface area contributed by atoms with Crippen LogP contribution in [0.3, 0.4) is 0 Å². The second kappa shape index (κ2) is 10.9. The average molecular weight is 471 g/mol. The van der Waals surface area contributed by atoms with Crippen LogP contribution >= 0.6 is 0 Å². The summed E-state index contributed by atoms with van der Waals surface area (Å²) in [4.78, 5) is 17.2. The molecule has 1 saturated carbocycles. The van der Waals surface area contributed by atoms with E-state index in [2.05, 4.69) is 91.1 Å². The zero-order valence-electron chi connectivity index (χ0n) is 21.4. The minimum absolute atomic E-state index is 0.131. The quantitative estimate of drug-likeness (QED) is 0.318. The molecule has 0 unspecified atom stereocenters. The van der Waals surface area contributed by atoms with E-state index in [0.29, 0.717) is 18.4 Å². The van der Waals surface area contributed by atoms with Crippen LogP contribution in [0.15, 0.2) is 67.0 Å². The topological polar surface area (TPSA) is 66.1 Å². The van der Waals surface area contributed by atoms with Crippen molar-refractivity contribution in [3.63, 3.8) is 0 Å². The lowest BCUT2D eigenvalue weighted by Gasteiger charge is -2.32. The molecule has 0 aliphatic heterocycles. The lowest BCUT2D eigenvalue weighted by Crippen LogP contribution is -2.48. The maximum Gasteiger partial charge on any atom is 0.319 e. The molecule has 1 fully saturated rings. The van der Waals surface area contributed by atoms with Crippen LogP contribution in [-0.4, -0.2) is 23.1 Å². The summed E-state index contributed by atoms with van der Waals surface area (Å²) in [5, 5.41) is 10.1. The minimum Gasteiger partial charge on any atom is -0.378 e. The summed E-state index contributed by atoms with van der Waals surface area (Å²) >= 11 is 0. The van der Waals surface area contributed by atoms with E-state index in [4.69, 9.17) is 0 Å². The van der Waals surface area contributed by atoms with Gasteiger partial charge in [0.05, 0.1) is 5.54 Å². The second-order valence-corrected chi connectivity index (χ2v) is 10.4. The van der Waals surface area contributed by atoms with Crippen molar-refractivity contribution < 1.29 is 4.79 Å². The first-order valence-corrected chi connectivity index (χ1v) is 12.8. The van der Waals surface area contributed by atoms with Crippen molar-refractivity contribution in [2.45, 2.75) is 70.8 Å². The Hall–Kier alpha value is -3.34. The predicted octanol–water partition coefficient (Wildman–Crippen LogP) is 7.54. The molecule has 1 aromatic heterocycles. The SMILES string of the molecule is CC(C)c1cccc(C(C)C)c1NC(=O)NCC1(Nc2ccc(-c3ccncc3)cc2)CCCC1. The van der Waals surface area contributed by atoms with Crippen LogP contribution in [-0.2, 0) is 0 Å². The van der Waals surface area contributed by atoms with Gasteiger partial charge in [0.1, 0.15) is 0 Å². The fraction of sp³-hybridized carbons (Fsp3) is 0.400. The van der Waals surface area contributed by atoms with Crippen molar-refractivity contribution in [3.05, 3.63) is 78.1 Å². The number of urea groups is 1.